The summed E-state index contributed by atoms with van der Waals surface area (Å²) in [7, 11) is 0. The van der Waals surface area contributed by atoms with Crippen LogP contribution >= 0.6 is 11.6 Å². The number of anilines is 1. The van der Waals surface area contributed by atoms with Gasteiger partial charge in [-0.2, -0.15) is 0 Å². The molecule has 0 aliphatic carbocycles. The van der Waals surface area contributed by atoms with Crippen molar-refractivity contribution in [3.63, 3.8) is 0 Å². The number of aromatic nitrogens is 2. The Morgan fingerprint density at radius 3 is 2.94 bits per heavy atom. The Kier molecular flexibility index (Phi) is 2.44. The summed E-state index contributed by atoms with van der Waals surface area (Å²) in [5.74, 6) is 0.618. The number of rotatable bonds is 1. The van der Waals surface area contributed by atoms with Crippen LogP contribution < -0.4 is 4.90 Å². The van der Waals surface area contributed by atoms with Gasteiger partial charge in [0.25, 0.3) is 0 Å². The molecule has 5 heteroatoms. The second-order valence-corrected chi connectivity index (χ2v) is 4.63. The third-order valence-corrected chi connectivity index (χ3v) is 3.13. The van der Waals surface area contributed by atoms with Crippen molar-refractivity contribution >= 4 is 34.2 Å². The number of carbonyl (C=O) groups excluding carboxylic acids is 1. The molecule has 0 N–H and O–H groups in total. The van der Waals surface area contributed by atoms with Crippen LogP contribution in [0.1, 0.15) is 6.42 Å². The molecule has 3 heterocycles. The SMILES string of the molecule is O=C1CC(Cl)CN1c1nccc2cccnc12. The lowest BCUT2D eigenvalue weighted by molar-refractivity contribution is -0.117. The van der Waals surface area contributed by atoms with Gasteiger partial charge >= 0.3 is 0 Å². The van der Waals surface area contributed by atoms with Crippen LogP contribution in [-0.2, 0) is 4.79 Å². The zero-order valence-corrected chi connectivity index (χ0v) is 9.76. The largest absolute Gasteiger partial charge is 0.293 e. The van der Waals surface area contributed by atoms with Crippen LogP contribution in [0.4, 0.5) is 5.82 Å². The first-order valence-corrected chi connectivity index (χ1v) is 5.83. The number of hydrogen-bond donors (Lipinski definition) is 0. The molecule has 1 aliphatic heterocycles. The van der Waals surface area contributed by atoms with E-state index in [1.54, 1.807) is 17.3 Å². The van der Waals surface area contributed by atoms with Crippen LogP contribution in [0.25, 0.3) is 10.9 Å². The first-order chi connectivity index (χ1) is 8.25. The van der Waals surface area contributed by atoms with E-state index in [4.69, 9.17) is 11.6 Å². The third kappa shape index (κ3) is 1.74. The van der Waals surface area contributed by atoms with Crippen LogP contribution in [0.5, 0.6) is 0 Å². The Balaban J connectivity index is 2.14. The average Bonchev–Trinajstić information content (AvgIpc) is 2.68. The van der Waals surface area contributed by atoms with Gasteiger partial charge in [0.05, 0.1) is 5.38 Å². The van der Waals surface area contributed by atoms with Gasteiger partial charge < -0.3 is 0 Å². The molecule has 1 unspecified atom stereocenters. The van der Waals surface area contributed by atoms with E-state index in [1.165, 1.54) is 0 Å². The maximum Gasteiger partial charge on any atom is 0.229 e. The summed E-state index contributed by atoms with van der Waals surface area (Å²) in [6.45, 7) is 0.503. The molecule has 3 rings (SSSR count). The van der Waals surface area contributed by atoms with E-state index in [-0.39, 0.29) is 11.3 Å². The first-order valence-electron chi connectivity index (χ1n) is 5.40. The molecule has 1 atom stereocenters. The molecule has 0 spiro atoms. The van der Waals surface area contributed by atoms with Gasteiger partial charge in [-0.05, 0) is 12.1 Å². The normalized spacial score (nSPS) is 20.2. The number of fused-ring (bicyclic) bond motifs is 1. The van der Waals surface area contributed by atoms with E-state index in [0.717, 1.165) is 10.9 Å². The minimum Gasteiger partial charge on any atom is -0.293 e. The number of amides is 1. The summed E-state index contributed by atoms with van der Waals surface area (Å²) < 4.78 is 0. The van der Waals surface area contributed by atoms with Gasteiger partial charge in [0.1, 0.15) is 5.52 Å². The fourth-order valence-electron chi connectivity index (χ4n) is 2.05. The number of pyridine rings is 2. The lowest BCUT2D eigenvalue weighted by Crippen LogP contribution is -2.26. The maximum absolute atomic E-state index is 11.8. The molecular formula is C12H10ClN3O. The lowest BCUT2D eigenvalue weighted by atomic mass is 10.2. The lowest BCUT2D eigenvalue weighted by Gasteiger charge is -2.15. The van der Waals surface area contributed by atoms with Crippen molar-refractivity contribution < 1.29 is 4.79 Å². The van der Waals surface area contributed by atoms with Crippen molar-refractivity contribution in [3.05, 3.63) is 30.6 Å². The van der Waals surface area contributed by atoms with E-state index in [0.29, 0.717) is 18.8 Å². The summed E-state index contributed by atoms with van der Waals surface area (Å²) in [4.78, 5) is 22.0. The van der Waals surface area contributed by atoms with E-state index >= 15 is 0 Å². The first kappa shape index (κ1) is 10.5. The zero-order valence-electron chi connectivity index (χ0n) is 9.01. The summed E-state index contributed by atoms with van der Waals surface area (Å²) in [6.07, 6.45) is 3.76. The van der Waals surface area contributed by atoms with Gasteiger partial charge in [0, 0.05) is 30.7 Å². The Hall–Kier alpha value is -1.68. The summed E-state index contributed by atoms with van der Waals surface area (Å²) in [5, 5.41) is 0.839. The van der Waals surface area contributed by atoms with Gasteiger partial charge in [-0.25, -0.2) is 4.98 Å². The zero-order chi connectivity index (χ0) is 11.8. The standard InChI is InChI=1S/C12H10ClN3O/c13-9-6-10(17)16(7-9)12-11-8(3-5-15-12)2-1-4-14-11/h1-5,9H,6-7H2. The van der Waals surface area contributed by atoms with Gasteiger partial charge in [0.15, 0.2) is 5.82 Å². The summed E-state index contributed by atoms with van der Waals surface area (Å²) in [6, 6.07) is 5.69. The van der Waals surface area contributed by atoms with Crippen LogP contribution in [0.3, 0.4) is 0 Å². The van der Waals surface area contributed by atoms with Crippen molar-refractivity contribution in [1.82, 2.24) is 9.97 Å². The molecule has 0 saturated carbocycles. The van der Waals surface area contributed by atoms with Crippen molar-refractivity contribution in [3.8, 4) is 0 Å². The average molecular weight is 248 g/mol. The number of halogens is 1. The highest BCUT2D eigenvalue weighted by Crippen LogP contribution is 2.27. The Morgan fingerprint density at radius 1 is 1.29 bits per heavy atom. The van der Waals surface area contributed by atoms with E-state index in [2.05, 4.69) is 9.97 Å². The van der Waals surface area contributed by atoms with Gasteiger partial charge in [-0.1, -0.05) is 6.07 Å². The van der Waals surface area contributed by atoms with Gasteiger partial charge in [-0.15, -0.1) is 11.6 Å². The van der Waals surface area contributed by atoms with E-state index in [1.807, 2.05) is 18.2 Å². The fourth-order valence-corrected chi connectivity index (χ4v) is 2.32. The number of nitrogens with zero attached hydrogens (tertiary/aromatic N) is 3. The predicted octanol–water partition coefficient (Wildman–Crippen LogP) is 1.97. The third-order valence-electron chi connectivity index (χ3n) is 2.84. The molecular weight excluding hydrogens is 238 g/mol. The highest BCUT2D eigenvalue weighted by molar-refractivity contribution is 6.24. The van der Waals surface area contributed by atoms with Crippen molar-refractivity contribution in [2.75, 3.05) is 11.4 Å². The Bertz CT molecular complexity index is 581. The smallest absolute Gasteiger partial charge is 0.229 e. The molecule has 1 amide bonds. The highest BCUT2D eigenvalue weighted by atomic mass is 35.5. The predicted molar refractivity (Wildman–Crippen MR) is 66.1 cm³/mol. The van der Waals surface area contributed by atoms with Crippen molar-refractivity contribution in [1.29, 1.82) is 0 Å². The summed E-state index contributed by atoms with van der Waals surface area (Å²) in [5.41, 5.74) is 0.745. The fraction of sp³-hybridized carbons (Fsp3) is 0.250. The molecule has 1 saturated heterocycles. The second kappa shape index (κ2) is 3.96. The van der Waals surface area contributed by atoms with Gasteiger partial charge in [0.2, 0.25) is 5.91 Å². The number of alkyl halides is 1. The molecule has 1 aliphatic rings. The molecule has 2 aromatic rings. The van der Waals surface area contributed by atoms with Gasteiger partial charge in [-0.3, -0.25) is 14.7 Å². The van der Waals surface area contributed by atoms with Crippen LogP contribution in [0.15, 0.2) is 30.6 Å². The number of hydrogen-bond acceptors (Lipinski definition) is 3. The minimum absolute atomic E-state index is 0.00986. The molecule has 17 heavy (non-hydrogen) atoms. The highest BCUT2D eigenvalue weighted by Gasteiger charge is 2.31. The molecule has 0 aromatic carbocycles. The van der Waals surface area contributed by atoms with Crippen LogP contribution in [0, 0.1) is 0 Å². The topological polar surface area (TPSA) is 46.1 Å². The molecule has 0 radical (unpaired) electrons. The summed E-state index contributed by atoms with van der Waals surface area (Å²) >= 11 is 5.99. The Morgan fingerprint density at radius 2 is 2.18 bits per heavy atom. The molecule has 2 aromatic heterocycles. The second-order valence-electron chi connectivity index (χ2n) is 4.02. The molecule has 1 fully saturated rings. The quantitative estimate of drug-likeness (QED) is 0.724. The monoisotopic (exact) mass is 247 g/mol. The maximum atomic E-state index is 11.8. The Labute approximate surface area is 103 Å². The molecule has 86 valence electrons. The minimum atomic E-state index is -0.136. The van der Waals surface area contributed by atoms with E-state index < -0.39 is 0 Å². The van der Waals surface area contributed by atoms with Crippen LogP contribution in [-0.4, -0.2) is 27.8 Å². The van der Waals surface area contributed by atoms with E-state index in [9.17, 15) is 4.79 Å². The number of carbonyl (C=O) groups is 1. The van der Waals surface area contributed by atoms with Crippen LogP contribution in [0.2, 0.25) is 0 Å². The molecule has 0 bridgehead atoms. The molecule has 4 nitrogen and oxygen atoms in total. The van der Waals surface area contributed by atoms with Crippen molar-refractivity contribution in [2.24, 2.45) is 0 Å². The van der Waals surface area contributed by atoms with Crippen molar-refractivity contribution in [2.45, 2.75) is 11.8 Å².